The van der Waals surface area contributed by atoms with Crippen molar-refractivity contribution in [2.24, 2.45) is 0 Å². The van der Waals surface area contributed by atoms with Gasteiger partial charge in [-0.3, -0.25) is 4.98 Å². The number of nitrogens with one attached hydrogen (secondary N) is 1. The number of hydrogen-bond donors (Lipinski definition) is 1. The van der Waals surface area contributed by atoms with Gasteiger partial charge in [-0.25, -0.2) is 4.79 Å². The summed E-state index contributed by atoms with van der Waals surface area (Å²) in [6.45, 7) is 0. The third kappa shape index (κ3) is 1.36. The monoisotopic (exact) mass is 174 g/mol. The molecule has 0 saturated carbocycles. The Kier molecular flexibility index (Phi) is 2.27. The van der Waals surface area contributed by atoms with Crippen molar-refractivity contribution in [3.8, 4) is 11.8 Å². The molecule has 0 aromatic carbocycles. The fourth-order valence-electron chi connectivity index (χ4n) is 0.694. The molecule has 0 radical (unpaired) electrons. The lowest BCUT2D eigenvalue weighted by atomic mass is 10.5. The summed E-state index contributed by atoms with van der Waals surface area (Å²) in [6, 6.07) is 0. The zero-order chi connectivity index (χ0) is 9.14. The Labute approximate surface area is 67.2 Å². The number of rotatable bonds is 2. The Balaban J connectivity index is 3.32. The topological polar surface area (TPSA) is 64.2 Å². The van der Waals surface area contributed by atoms with E-state index in [4.69, 9.17) is 0 Å². The number of nitrogens with zero attached hydrogens (tertiary/aromatic N) is 1. The van der Waals surface area contributed by atoms with Crippen LogP contribution in [-0.2, 0) is 0 Å². The van der Waals surface area contributed by atoms with Crippen LogP contribution in [0.1, 0.15) is 0 Å². The highest BCUT2D eigenvalue weighted by molar-refractivity contribution is 5.21. The van der Waals surface area contributed by atoms with Gasteiger partial charge < -0.3 is 9.47 Å². The second kappa shape index (κ2) is 3.21. The van der Waals surface area contributed by atoms with Gasteiger partial charge in [-0.2, -0.15) is 9.37 Å². The number of ether oxygens (including phenoxy) is 2. The van der Waals surface area contributed by atoms with Crippen molar-refractivity contribution < 1.29 is 13.9 Å². The van der Waals surface area contributed by atoms with Gasteiger partial charge >= 0.3 is 5.69 Å². The van der Waals surface area contributed by atoms with Crippen molar-refractivity contribution in [3.63, 3.8) is 0 Å². The molecule has 1 rings (SSSR count). The molecular weight excluding hydrogens is 167 g/mol. The Bertz CT molecular complexity index is 308. The van der Waals surface area contributed by atoms with Crippen molar-refractivity contribution in [2.45, 2.75) is 0 Å². The van der Waals surface area contributed by atoms with E-state index >= 15 is 0 Å². The van der Waals surface area contributed by atoms with Crippen molar-refractivity contribution >= 4 is 0 Å². The molecule has 0 bridgehead atoms. The van der Waals surface area contributed by atoms with Crippen LogP contribution in [0.15, 0.2) is 4.79 Å². The van der Waals surface area contributed by atoms with Crippen molar-refractivity contribution in [3.05, 3.63) is 16.3 Å². The van der Waals surface area contributed by atoms with Crippen LogP contribution in [-0.4, -0.2) is 24.2 Å². The van der Waals surface area contributed by atoms with Crippen LogP contribution < -0.4 is 15.2 Å². The van der Waals surface area contributed by atoms with Gasteiger partial charge in [0.1, 0.15) is 0 Å². The van der Waals surface area contributed by atoms with E-state index in [2.05, 4.69) is 19.4 Å². The smallest absolute Gasteiger partial charge is 0.351 e. The summed E-state index contributed by atoms with van der Waals surface area (Å²) < 4.78 is 22.0. The average Bonchev–Trinajstić information content (AvgIpc) is 2.08. The minimum atomic E-state index is -0.820. The number of aromatic amines is 1. The number of aromatic nitrogens is 2. The van der Waals surface area contributed by atoms with Crippen molar-refractivity contribution in [2.75, 3.05) is 14.2 Å². The Morgan fingerprint density at radius 2 is 2.08 bits per heavy atom. The third-order valence-corrected chi connectivity index (χ3v) is 1.21. The van der Waals surface area contributed by atoms with Crippen LogP contribution in [0.5, 0.6) is 11.8 Å². The fraction of sp³-hybridized carbons (Fsp3) is 0.333. The molecule has 5 nitrogen and oxygen atoms in total. The molecule has 1 aromatic heterocycles. The SMILES string of the molecule is COc1nc(=O)[nH]c(OC)c1F. The van der Waals surface area contributed by atoms with E-state index in [0.717, 1.165) is 0 Å². The van der Waals surface area contributed by atoms with Gasteiger partial charge in [0.25, 0.3) is 5.88 Å². The number of hydrogen-bond acceptors (Lipinski definition) is 4. The van der Waals surface area contributed by atoms with Crippen molar-refractivity contribution in [1.82, 2.24) is 9.97 Å². The maximum Gasteiger partial charge on any atom is 0.351 e. The minimum Gasteiger partial charge on any atom is -0.480 e. The maximum atomic E-state index is 13.0. The van der Waals surface area contributed by atoms with Crippen LogP contribution in [0, 0.1) is 5.82 Å². The fourth-order valence-corrected chi connectivity index (χ4v) is 0.694. The normalized spacial score (nSPS) is 9.58. The summed E-state index contributed by atoms with van der Waals surface area (Å²) in [7, 11) is 2.44. The maximum absolute atomic E-state index is 13.0. The van der Waals surface area contributed by atoms with Crippen LogP contribution >= 0.6 is 0 Å². The number of methoxy groups -OCH3 is 2. The summed E-state index contributed by atoms with van der Waals surface area (Å²) in [4.78, 5) is 16.0. The molecule has 0 spiro atoms. The van der Waals surface area contributed by atoms with Crippen LogP contribution in [0.4, 0.5) is 4.39 Å². The van der Waals surface area contributed by atoms with E-state index in [1.54, 1.807) is 0 Å². The molecule has 1 N–H and O–H groups in total. The molecule has 66 valence electrons. The van der Waals surface area contributed by atoms with E-state index < -0.39 is 11.5 Å². The van der Waals surface area contributed by atoms with E-state index in [1.165, 1.54) is 14.2 Å². The third-order valence-electron chi connectivity index (χ3n) is 1.21. The van der Waals surface area contributed by atoms with E-state index in [-0.39, 0.29) is 11.8 Å². The molecule has 0 aliphatic rings. The molecule has 0 saturated heterocycles. The molecule has 1 aromatic rings. The highest BCUT2D eigenvalue weighted by Crippen LogP contribution is 2.18. The van der Waals surface area contributed by atoms with Gasteiger partial charge in [-0.1, -0.05) is 0 Å². The molecule has 12 heavy (non-hydrogen) atoms. The summed E-state index contributed by atoms with van der Waals surface area (Å²) in [5, 5.41) is 0. The molecule has 0 fully saturated rings. The Morgan fingerprint density at radius 3 is 2.58 bits per heavy atom. The highest BCUT2D eigenvalue weighted by atomic mass is 19.1. The van der Waals surface area contributed by atoms with E-state index in [1.807, 2.05) is 0 Å². The van der Waals surface area contributed by atoms with E-state index in [9.17, 15) is 9.18 Å². The number of H-pyrrole nitrogens is 1. The molecule has 6 heteroatoms. The summed E-state index contributed by atoms with van der Waals surface area (Å²) in [6.07, 6.45) is 0. The van der Waals surface area contributed by atoms with Gasteiger partial charge in [0.2, 0.25) is 11.7 Å². The zero-order valence-electron chi connectivity index (χ0n) is 6.55. The van der Waals surface area contributed by atoms with Gasteiger partial charge in [0.15, 0.2) is 0 Å². The van der Waals surface area contributed by atoms with Crippen molar-refractivity contribution in [1.29, 1.82) is 0 Å². The second-order valence-electron chi connectivity index (χ2n) is 1.90. The summed E-state index contributed by atoms with van der Waals surface area (Å²) in [5.74, 6) is -1.48. The molecule has 0 unspecified atom stereocenters. The minimum absolute atomic E-state index is 0.285. The van der Waals surface area contributed by atoms with Gasteiger partial charge in [0.05, 0.1) is 14.2 Å². The first-order valence-corrected chi connectivity index (χ1v) is 3.07. The van der Waals surface area contributed by atoms with Crippen LogP contribution in [0.3, 0.4) is 0 Å². The molecule has 1 heterocycles. The standard InChI is InChI=1S/C6H7FN2O3/c1-11-4-3(7)5(12-2)9-6(10)8-4/h1-2H3,(H,8,9,10). The first-order valence-electron chi connectivity index (χ1n) is 3.07. The van der Waals surface area contributed by atoms with Crippen LogP contribution in [0.25, 0.3) is 0 Å². The molecule has 0 atom stereocenters. The largest absolute Gasteiger partial charge is 0.480 e. The number of halogens is 1. The first-order chi connectivity index (χ1) is 5.69. The molecule has 0 aliphatic carbocycles. The second-order valence-corrected chi connectivity index (χ2v) is 1.90. The quantitative estimate of drug-likeness (QED) is 0.681. The average molecular weight is 174 g/mol. The van der Waals surface area contributed by atoms with E-state index in [0.29, 0.717) is 0 Å². The lowest BCUT2D eigenvalue weighted by Crippen LogP contribution is -2.14. The molecule has 0 aliphatic heterocycles. The van der Waals surface area contributed by atoms with Gasteiger partial charge in [-0.05, 0) is 0 Å². The molecule has 0 amide bonds. The Hall–Kier alpha value is -1.59. The van der Waals surface area contributed by atoms with Crippen LogP contribution in [0.2, 0.25) is 0 Å². The highest BCUT2D eigenvalue weighted by Gasteiger charge is 2.12. The predicted octanol–water partition coefficient (Wildman–Crippen LogP) is -0.0738. The predicted molar refractivity (Wildman–Crippen MR) is 37.9 cm³/mol. The van der Waals surface area contributed by atoms with Gasteiger partial charge in [0, 0.05) is 0 Å². The summed E-state index contributed by atoms with van der Waals surface area (Å²) >= 11 is 0. The Morgan fingerprint density at radius 1 is 1.42 bits per heavy atom. The zero-order valence-corrected chi connectivity index (χ0v) is 6.55. The summed E-state index contributed by atoms with van der Waals surface area (Å²) in [5.41, 5.74) is -0.718. The first kappa shape index (κ1) is 8.51. The lowest BCUT2D eigenvalue weighted by Gasteiger charge is -2.02. The molecular formula is C6H7FN2O3. The van der Waals surface area contributed by atoms with Gasteiger partial charge in [-0.15, -0.1) is 0 Å². The lowest BCUT2D eigenvalue weighted by molar-refractivity contribution is 0.324.